The number of aryl methyl sites for hydroxylation is 2. The lowest BCUT2D eigenvalue weighted by Gasteiger charge is -2.22. The van der Waals surface area contributed by atoms with E-state index in [2.05, 4.69) is 25.5 Å². The normalized spacial score (nSPS) is 12.1. The van der Waals surface area contributed by atoms with E-state index in [0.717, 1.165) is 5.56 Å². The molecule has 0 heterocycles. The van der Waals surface area contributed by atoms with E-state index in [0.29, 0.717) is 11.1 Å². The lowest BCUT2D eigenvalue weighted by Crippen LogP contribution is -2.19. The van der Waals surface area contributed by atoms with E-state index >= 15 is 0 Å². The van der Waals surface area contributed by atoms with Crippen LogP contribution in [-0.2, 0) is 15.4 Å². The number of carbonyl (C=O) groups excluding carboxylic acids is 1. The summed E-state index contributed by atoms with van der Waals surface area (Å²) in [5.41, 5.74) is 7.79. The predicted octanol–water partition coefficient (Wildman–Crippen LogP) is 4.15. The van der Waals surface area contributed by atoms with Crippen LogP contribution in [0.25, 0.3) is 0 Å². The second-order valence-corrected chi connectivity index (χ2v) is 9.38. The molecule has 0 spiro atoms. The number of carbonyl (C=O) groups is 1. The van der Waals surface area contributed by atoms with E-state index in [9.17, 15) is 13.2 Å². The molecule has 5 nitrogen and oxygen atoms in total. The summed E-state index contributed by atoms with van der Waals surface area (Å²) < 4.78 is 28.4. The van der Waals surface area contributed by atoms with Crippen LogP contribution < -0.4 is 10.5 Å². The average Bonchev–Trinajstić information content (AvgIpc) is 2.47. The van der Waals surface area contributed by atoms with Gasteiger partial charge in [-0.15, -0.1) is 0 Å². The van der Waals surface area contributed by atoms with Crippen molar-refractivity contribution in [1.29, 1.82) is 0 Å². The Morgan fingerprint density at radius 1 is 1.08 bits per heavy atom. The molecule has 0 fully saturated rings. The third kappa shape index (κ3) is 4.19. The molecule has 0 aromatic heterocycles. The number of rotatable bonds is 4. The van der Waals surface area contributed by atoms with Gasteiger partial charge in [0, 0.05) is 5.56 Å². The molecule has 0 aliphatic carbocycles. The molecule has 0 atom stereocenters. The lowest BCUT2D eigenvalue weighted by atomic mass is 9.85. The van der Waals surface area contributed by atoms with Crippen LogP contribution >= 0.6 is 11.6 Å². The molecule has 0 saturated carbocycles. The van der Waals surface area contributed by atoms with Crippen LogP contribution in [0.2, 0.25) is 5.02 Å². The first kappa shape index (κ1) is 20.3. The van der Waals surface area contributed by atoms with Crippen LogP contribution in [0.3, 0.4) is 0 Å². The number of nitrogens with one attached hydrogen (secondary N) is 1. The summed E-state index contributed by atoms with van der Waals surface area (Å²) in [6.07, 6.45) is 0. The average molecular weight is 395 g/mol. The maximum atomic E-state index is 13.0. The topological polar surface area (TPSA) is 89.3 Å². The van der Waals surface area contributed by atoms with Gasteiger partial charge >= 0.3 is 0 Å². The number of primary amides is 1. The van der Waals surface area contributed by atoms with E-state index in [-0.39, 0.29) is 26.6 Å². The number of sulfonamides is 1. The van der Waals surface area contributed by atoms with E-state index in [4.69, 9.17) is 17.3 Å². The minimum atomic E-state index is -3.89. The molecule has 0 unspecified atom stereocenters. The molecule has 0 radical (unpaired) electrons. The van der Waals surface area contributed by atoms with Gasteiger partial charge in [-0.25, -0.2) is 8.42 Å². The van der Waals surface area contributed by atoms with Gasteiger partial charge in [0.25, 0.3) is 10.0 Å². The summed E-state index contributed by atoms with van der Waals surface area (Å²) in [5, 5.41) is 0.181. The Balaban J connectivity index is 2.53. The maximum absolute atomic E-state index is 13.0. The molecule has 1 amide bonds. The highest BCUT2D eigenvalue weighted by atomic mass is 35.5. The van der Waals surface area contributed by atoms with Crippen LogP contribution in [0, 0.1) is 13.8 Å². The van der Waals surface area contributed by atoms with E-state index in [1.54, 1.807) is 13.8 Å². The molecule has 26 heavy (non-hydrogen) atoms. The summed E-state index contributed by atoms with van der Waals surface area (Å²) in [5.74, 6) is -0.663. The molecule has 7 heteroatoms. The Morgan fingerprint density at radius 3 is 2.08 bits per heavy atom. The Morgan fingerprint density at radius 2 is 1.62 bits per heavy atom. The fourth-order valence-electron chi connectivity index (χ4n) is 2.76. The van der Waals surface area contributed by atoms with Crippen molar-refractivity contribution in [3.05, 3.63) is 57.6 Å². The van der Waals surface area contributed by atoms with Crippen molar-refractivity contribution in [3.8, 4) is 0 Å². The van der Waals surface area contributed by atoms with Gasteiger partial charge in [-0.05, 0) is 54.2 Å². The van der Waals surface area contributed by atoms with Crippen molar-refractivity contribution < 1.29 is 13.2 Å². The van der Waals surface area contributed by atoms with Crippen molar-refractivity contribution in [2.24, 2.45) is 5.73 Å². The molecule has 2 aromatic rings. The lowest BCUT2D eigenvalue weighted by molar-refractivity contribution is 0.100. The first-order valence-corrected chi connectivity index (χ1v) is 9.93. The molecule has 140 valence electrons. The van der Waals surface area contributed by atoms with E-state index in [1.165, 1.54) is 18.2 Å². The summed E-state index contributed by atoms with van der Waals surface area (Å²) in [6, 6.07) is 7.96. The highest BCUT2D eigenvalue weighted by Crippen LogP contribution is 2.31. The third-order valence-corrected chi connectivity index (χ3v) is 6.09. The van der Waals surface area contributed by atoms with Crippen LogP contribution in [0.1, 0.15) is 47.8 Å². The van der Waals surface area contributed by atoms with Crippen LogP contribution in [0.4, 0.5) is 5.69 Å². The number of hydrogen-bond donors (Lipinski definition) is 2. The molecule has 2 aromatic carbocycles. The summed E-state index contributed by atoms with van der Waals surface area (Å²) in [6.45, 7) is 9.74. The molecular formula is C19H23ClN2O3S. The first-order chi connectivity index (χ1) is 11.8. The third-order valence-electron chi connectivity index (χ3n) is 4.09. The fourth-order valence-corrected chi connectivity index (χ4v) is 4.51. The van der Waals surface area contributed by atoms with Gasteiger partial charge in [-0.2, -0.15) is 0 Å². The zero-order chi connectivity index (χ0) is 19.9. The van der Waals surface area contributed by atoms with Crippen molar-refractivity contribution in [3.63, 3.8) is 0 Å². The van der Waals surface area contributed by atoms with Crippen molar-refractivity contribution in [1.82, 2.24) is 0 Å². The van der Waals surface area contributed by atoms with E-state index < -0.39 is 15.9 Å². The monoisotopic (exact) mass is 394 g/mol. The molecule has 2 rings (SSSR count). The first-order valence-electron chi connectivity index (χ1n) is 8.07. The largest absolute Gasteiger partial charge is 0.366 e. The molecule has 0 bridgehead atoms. The number of anilines is 1. The van der Waals surface area contributed by atoms with Gasteiger partial charge in [-0.3, -0.25) is 9.52 Å². The SMILES string of the molecule is Cc1cc(C(C)(C)C)cc(C)c1S(=O)(=O)Nc1cc(C(N)=O)ccc1Cl. The summed E-state index contributed by atoms with van der Waals surface area (Å²) >= 11 is 6.08. The molecule has 0 saturated heterocycles. The Kier molecular flexibility index (Phi) is 5.40. The molecule has 3 N–H and O–H groups in total. The standard InChI is InChI=1S/C19H23ClN2O3S/c1-11-8-14(19(3,4)5)9-12(2)17(11)26(24,25)22-16-10-13(18(21)23)6-7-15(16)20/h6-10,22H,1-5H3,(H2,21,23). The van der Waals surface area contributed by atoms with Crippen LogP contribution in [-0.4, -0.2) is 14.3 Å². The van der Waals surface area contributed by atoms with Gasteiger partial charge in [0.2, 0.25) is 5.91 Å². The zero-order valence-electron chi connectivity index (χ0n) is 15.5. The second-order valence-electron chi connectivity index (χ2n) is 7.35. The van der Waals surface area contributed by atoms with Crippen molar-refractivity contribution in [2.45, 2.75) is 44.9 Å². The van der Waals surface area contributed by atoms with Gasteiger partial charge in [0.1, 0.15) is 0 Å². The smallest absolute Gasteiger partial charge is 0.262 e. The van der Waals surface area contributed by atoms with Crippen LogP contribution in [0.5, 0.6) is 0 Å². The number of benzene rings is 2. The van der Waals surface area contributed by atoms with Gasteiger partial charge in [0.05, 0.1) is 15.6 Å². The predicted molar refractivity (Wildman–Crippen MR) is 105 cm³/mol. The van der Waals surface area contributed by atoms with Crippen LogP contribution in [0.15, 0.2) is 35.2 Å². The minimum absolute atomic E-state index is 0.0929. The zero-order valence-corrected chi connectivity index (χ0v) is 17.0. The summed E-state index contributed by atoms with van der Waals surface area (Å²) in [4.78, 5) is 11.5. The maximum Gasteiger partial charge on any atom is 0.262 e. The van der Waals surface area contributed by atoms with Gasteiger partial charge < -0.3 is 5.73 Å². The van der Waals surface area contributed by atoms with E-state index in [1.807, 2.05) is 12.1 Å². The highest BCUT2D eigenvalue weighted by molar-refractivity contribution is 7.92. The number of halogens is 1. The van der Waals surface area contributed by atoms with Gasteiger partial charge in [0.15, 0.2) is 0 Å². The Labute approximate surface area is 159 Å². The Hall–Kier alpha value is -2.05. The molecule has 0 aliphatic rings. The molecule has 0 aliphatic heterocycles. The minimum Gasteiger partial charge on any atom is -0.366 e. The van der Waals surface area contributed by atoms with Crippen molar-refractivity contribution >= 4 is 33.2 Å². The highest BCUT2D eigenvalue weighted by Gasteiger charge is 2.24. The Bertz CT molecular complexity index is 954. The number of nitrogens with two attached hydrogens (primary N) is 1. The number of amides is 1. The second kappa shape index (κ2) is 6.93. The quantitative estimate of drug-likeness (QED) is 0.816. The van der Waals surface area contributed by atoms with Crippen molar-refractivity contribution in [2.75, 3.05) is 4.72 Å². The number of hydrogen-bond acceptors (Lipinski definition) is 3. The fraction of sp³-hybridized carbons (Fsp3) is 0.316. The molecular weight excluding hydrogens is 372 g/mol. The summed E-state index contributed by atoms with van der Waals surface area (Å²) in [7, 11) is -3.89. The van der Waals surface area contributed by atoms with Gasteiger partial charge in [-0.1, -0.05) is 44.5 Å².